The molecule has 6 heteroatoms. The van der Waals surface area contributed by atoms with Crippen LogP contribution in [0.2, 0.25) is 0 Å². The Morgan fingerprint density at radius 2 is 2.20 bits per heavy atom. The second-order valence-electron chi connectivity index (χ2n) is 2.81. The highest BCUT2D eigenvalue weighted by Gasteiger charge is 2.21. The zero-order valence-electron chi connectivity index (χ0n) is 8.25. The van der Waals surface area contributed by atoms with Gasteiger partial charge in [0.2, 0.25) is 0 Å². The van der Waals surface area contributed by atoms with Crippen LogP contribution in [0, 0.1) is 5.82 Å². The van der Waals surface area contributed by atoms with Crippen molar-refractivity contribution in [2.75, 3.05) is 19.9 Å². The van der Waals surface area contributed by atoms with Gasteiger partial charge >= 0.3 is 0 Å². The molecule has 0 atom stereocenters. The van der Waals surface area contributed by atoms with Gasteiger partial charge < -0.3 is 5.73 Å². The van der Waals surface area contributed by atoms with Crippen LogP contribution in [0.3, 0.4) is 0 Å². The summed E-state index contributed by atoms with van der Waals surface area (Å²) in [4.78, 5) is 16.3. The maximum absolute atomic E-state index is 13.6. The summed E-state index contributed by atoms with van der Waals surface area (Å²) in [5.41, 5.74) is 5.39. The molecule has 0 unspecified atom stereocenters. The van der Waals surface area contributed by atoms with E-state index in [-0.39, 0.29) is 15.7 Å². The van der Waals surface area contributed by atoms with Gasteiger partial charge in [0.1, 0.15) is 5.56 Å². The molecular weight excluding hydrogens is 267 g/mol. The molecular formula is C9H10BrFN2O2. The average Bonchev–Trinajstić information content (AvgIpc) is 2.22. The van der Waals surface area contributed by atoms with Crippen molar-refractivity contribution in [3.63, 3.8) is 0 Å². The van der Waals surface area contributed by atoms with Gasteiger partial charge in [0.25, 0.3) is 5.91 Å². The Morgan fingerprint density at radius 1 is 1.60 bits per heavy atom. The molecule has 0 aliphatic carbocycles. The van der Waals surface area contributed by atoms with Gasteiger partial charge in [-0.3, -0.25) is 9.63 Å². The number of nitrogens with zero attached hydrogens (tertiary/aromatic N) is 1. The van der Waals surface area contributed by atoms with Crippen LogP contribution in [0.1, 0.15) is 10.4 Å². The summed E-state index contributed by atoms with van der Waals surface area (Å²) in [5, 5.41) is 0.904. The van der Waals surface area contributed by atoms with Crippen molar-refractivity contribution in [1.29, 1.82) is 0 Å². The van der Waals surface area contributed by atoms with Crippen molar-refractivity contribution in [3.05, 3.63) is 28.0 Å². The summed E-state index contributed by atoms with van der Waals surface area (Å²) in [7, 11) is 2.69. The Hall–Kier alpha value is -1.14. The van der Waals surface area contributed by atoms with Crippen molar-refractivity contribution in [3.8, 4) is 0 Å². The minimum absolute atomic E-state index is 0.0737. The van der Waals surface area contributed by atoms with E-state index < -0.39 is 11.7 Å². The number of nitrogens with two attached hydrogens (primary N) is 1. The quantitative estimate of drug-likeness (QED) is 0.662. The predicted molar refractivity (Wildman–Crippen MR) is 57.6 cm³/mol. The standard InChI is InChI=1S/C9H10BrFN2O2/c1-13(15-2)9(14)7-6(12)4-3-5(10)8(7)11/h3-4H,12H2,1-2H3. The van der Waals surface area contributed by atoms with E-state index in [1.807, 2.05) is 0 Å². The van der Waals surface area contributed by atoms with Gasteiger partial charge in [-0.15, -0.1) is 0 Å². The maximum atomic E-state index is 13.6. The SMILES string of the molecule is CON(C)C(=O)c1c(N)ccc(Br)c1F. The highest BCUT2D eigenvalue weighted by molar-refractivity contribution is 9.10. The zero-order valence-corrected chi connectivity index (χ0v) is 9.84. The van der Waals surface area contributed by atoms with Crippen molar-refractivity contribution in [2.24, 2.45) is 0 Å². The molecule has 0 aliphatic rings. The van der Waals surface area contributed by atoms with Gasteiger partial charge in [-0.05, 0) is 28.1 Å². The third-order valence-corrected chi connectivity index (χ3v) is 2.51. The number of nitrogen functional groups attached to an aromatic ring is 1. The van der Waals surface area contributed by atoms with Gasteiger partial charge in [0.15, 0.2) is 5.82 Å². The van der Waals surface area contributed by atoms with Gasteiger partial charge in [0.05, 0.1) is 11.6 Å². The van der Waals surface area contributed by atoms with E-state index in [1.165, 1.54) is 26.3 Å². The van der Waals surface area contributed by atoms with Gasteiger partial charge in [0, 0.05) is 12.7 Å². The Kier molecular flexibility index (Phi) is 3.65. The lowest BCUT2D eigenvalue weighted by atomic mass is 10.1. The highest BCUT2D eigenvalue weighted by Crippen LogP contribution is 2.24. The van der Waals surface area contributed by atoms with Gasteiger partial charge in [-0.25, -0.2) is 9.45 Å². The van der Waals surface area contributed by atoms with E-state index in [2.05, 4.69) is 20.8 Å². The topological polar surface area (TPSA) is 55.6 Å². The van der Waals surface area contributed by atoms with E-state index in [0.717, 1.165) is 5.06 Å². The van der Waals surface area contributed by atoms with Crippen LogP contribution in [0.15, 0.2) is 16.6 Å². The Morgan fingerprint density at radius 3 is 2.73 bits per heavy atom. The molecule has 0 saturated carbocycles. The molecule has 82 valence electrons. The van der Waals surface area contributed by atoms with Crippen LogP contribution in [0.25, 0.3) is 0 Å². The molecule has 4 nitrogen and oxygen atoms in total. The molecule has 2 N–H and O–H groups in total. The number of amides is 1. The normalized spacial score (nSPS) is 10.1. The van der Waals surface area contributed by atoms with Crippen LogP contribution < -0.4 is 5.73 Å². The molecule has 0 bridgehead atoms. The Bertz CT molecular complexity index is 398. The predicted octanol–water partition coefficient (Wildman–Crippen LogP) is 1.80. The number of benzene rings is 1. The Labute approximate surface area is 94.9 Å². The molecule has 1 aromatic carbocycles. The molecule has 1 amide bonds. The van der Waals surface area contributed by atoms with Crippen LogP contribution in [-0.4, -0.2) is 25.1 Å². The summed E-state index contributed by atoms with van der Waals surface area (Å²) in [5.74, 6) is -1.32. The molecule has 1 rings (SSSR count). The average molecular weight is 277 g/mol. The zero-order chi connectivity index (χ0) is 11.6. The van der Waals surface area contributed by atoms with E-state index >= 15 is 0 Å². The summed E-state index contributed by atoms with van der Waals surface area (Å²) in [6.07, 6.45) is 0. The number of hydrogen-bond donors (Lipinski definition) is 1. The second-order valence-corrected chi connectivity index (χ2v) is 3.67. The number of halogens is 2. The summed E-state index contributed by atoms with van der Waals surface area (Å²) >= 11 is 2.98. The number of hydroxylamine groups is 2. The summed E-state index contributed by atoms with van der Waals surface area (Å²) < 4.78 is 13.8. The minimum atomic E-state index is -0.691. The number of carbonyl (C=O) groups excluding carboxylic acids is 1. The molecule has 0 aliphatic heterocycles. The van der Waals surface area contributed by atoms with Gasteiger partial charge in [-0.2, -0.15) is 0 Å². The maximum Gasteiger partial charge on any atom is 0.282 e. The molecule has 0 spiro atoms. The van der Waals surface area contributed by atoms with Crippen LogP contribution >= 0.6 is 15.9 Å². The number of hydrogen-bond acceptors (Lipinski definition) is 3. The van der Waals surface area contributed by atoms with Crippen LogP contribution in [-0.2, 0) is 4.84 Å². The van der Waals surface area contributed by atoms with Gasteiger partial charge in [-0.1, -0.05) is 0 Å². The highest BCUT2D eigenvalue weighted by atomic mass is 79.9. The van der Waals surface area contributed by atoms with E-state index in [9.17, 15) is 9.18 Å². The first-order chi connectivity index (χ1) is 6.99. The molecule has 0 radical (unpaired) electrons. The summed E-state index contributed by atoms with van der Waals surface area (Å²) in [6.45, 7) is 0. The third kappa shape index (κ3) is 2.27. The van der Waals surface area contributed by atoms with Crippen LogP contribution in [0.4, 0.5) is 10.1 Å². The largest absolute Gasteiger partial charge is 0.398 e. The van der Waals surface area contributed by atoms with Crippen molar-refractivity contribution in [2.45, 2.75) is 0 Å². The van der Waals surface area contributed by atoms with Crippen molar-refractivity contribution < 1.29 is 14.0 Å². The first-order valence-electron chi connectivity index (χ1n) is 4.04. The smallest absolute Gasteiger partial charge is 0.282 e. The fourth-order valence-electron chi connectivity index (χ4n) is 1.02. The minimum Gasteiger partial charge on any atom is -0.398 e. The lowest BCUT2D eigenvalue weighted by Crippen LogP contribution is -2.27. The summed E-state index contributed by atoms with van der Waals surface area (Å²) in [6, 6.07) is 2.89. The first-order valence-corrected chi connectivity index (χ1v) is 4.84. The monoisotopic (exact) mass is 276 g/mol. The fraction of sp³-hybridized carbons (Fsp3) is 0.222. The number of anilines is 1. The first kappa shape index (κ1) is 11.9. The van der Waals surface area contributed by atoms with Crippen LogP contribution in [0.5, 0.6) is 0 Å². The second kappa shape index (κ2) is 4.59. The fourth-order valence-corrected chi connectivity index (χ4v) is 1.35. The molecule has 0 fully saturated rings. The molecule has 0 aromatic heterocycles. The lowest BCUT2D eigenvalue weighted by Gasteiger charge is -2.15. The molecule has 0 saturated heterocycles. The van der Waals surface area contributed by atoms with E-state index in [1.54, 1.807) is 0 Å². The van der Waals surface area contributed by atoms with E-state index in [4.69, 9.17) is 5.73 Å². The van der Waals surface area contributed by atoms with Crippen molar-refractivity contribution in [1.82, 2.24) is 5.06 Å². The molecule has 0 heterocycles. The number of rotatable bonds is 2. The van der Waals surface area contributed by atoms with E-state index in [0.29, 0.717) is 0 Å². The third-order valence-electron chi connectivity index (χ3n) is 1.90. The van der Waals surface area contributed by atoms with Crippen molar-refractivity contribution >= 4 is 27.5 Å². The molecule has 1 aromatic rings. The molecule has 15 heavy (non-hydrogen) atoms. The lowest BCUT2D eigenvalue weighted by molar-refractivity contribution is -0.0758. The Balaban J connectivity index is 3.24. The number of carbonyl (C=O) groups is 1.